The molecule has 1 fully saturated rings. The number of allylic oxidation sites excluding steroid dienone is 6. The van der Waals surface area contributed by atoms with E-state index < -0.39 is 0 Å². The highest BCUT2D eigenvalue weighted by Crippen LogP contribution is 2.38. The monoisotopic (exact) mass is 492 g/mol. The molecule has 0 aromatic heterocycles. The van der Waals surface area contributed by atoms with E-state index in [9.17, 15) is 0 Å². The normalized spacial score (nSPS) is 15.4. The Hall–Kier alpha value is -1.82. The fourth-order valence-electron chi connectivity index (χ4n) is 4.25. The fraction of sp³-hybridized carbons (Fsp3) is 0.611. The third-order valence-corrected chi connectivity index (χ3v) is 7.16. The lowest BCUT2D eigenvalue weighted by Crippen LogP contribution is -2.16. The second kappa shape index (κ2) is 15.4. The quantitative estimate of drug-likeness (QED) is 0.368. The van der Waals surface area contributed by atoms with E-state index in [0.717, 1.165) is 12.3 Å². The molecule has 2 aliphatic rings. The van der Waals surface area contributed by atoms with Crippen LogP contribution in [0.25, 0.3) is 0 Å². The molecule has 204 valence electrons. The summed E-state index contributed by atoms with van der Waals surface area (Å²) in [6, 6.07) is 4.62. The molecule has 1 saturated carbocycles. The second-order valence-corrected chi connectivity index (χ2v) is 13.5. The Morgan fingerprint density at radius 2 is 1.28 bits per heavy atom. The average molecular weight is 493 g/mol. The van der Waals surface area contributed by atoms with Gasteiger partial charge in [0.05, 0.1) is 0 Å². The van der Waals surface area contributed by atoms with Crippen LogP contribution in [0.1, 0.15) is 130 Å². The van der Waals surface area contributed by atoms with Gasteiger partial charge in [-0.25, -0.2) is 0 Å². The topological polar surface area (TPSA) is 0 Å². The lowest BCUT2D eigenvalue weighted by atomic mass is 9.75. The van der Waals surface area contributed by atoms with Crippen molar-refractivity contribution in [3.05, 3.63) is 82.0 Å². The van der Waals surface area contributed by atoms with Crippen LogP contribution in [-0.2, 0) is 5.41 Å². The van der Waals surface area contributed by atoms with Crippen molar-refractivity contribution in [1.82, 2.24) is 0 Å². The average Bonchev–Trinajstić information content (AvgIpc) is 2.69. The van der Waals surface area contributed by atoms with Crippen molar-refractivity contribution in [3.63, 3.8) is 0 Å². The summed E-state index contributed by atoms with van der Waals surface area (Å²) in [5.41, 5.74) is 11.8. The molecule has 1 aromatic rings. The van der Waals surface area contributed by atoms with Crippen LogP contribution in [-0.4, -0.2) is 0 Å². The van der Waals surface area contributed by atoms with Crippen LogP contribution in [0.2, 0.25) is 0 Å². The van der Waals surface area contributed by atoms with Crippen LogP contribution < -0.4 is 0 Å². The lowest BCUT2D eigenvalue weighted by molar-refractivity contribution is 0.346. The number of benzene rings is 1. The van der Waals surface area contributed by atoms with Gasteiger partial charge in [0, 0.05) is 0 Å². The van der Waals surface area contributed by atoms with E-state index in [2.05, 4.69) is 114 Å². The van der Waals surface area contributed by atoms with Crippen LogP contribution in [0.3, 0.4) is 0 Å². The van der Waals surface area contributed by atoms with E-state index in [1.54, 1.807) is 5.57 Å². The number of hydrogen-bond acceptors (Lipinski definition) is 0. The number of aryl methyl sites for hydroxylation is 2. The van der Waals surface area contributed by atoms with Crippen molar-refractivity contribution in [1.29, 1.82) is 0 Å². The molecule has 0 aliphatic heterocycles. The van der Waals surface area contributed by atoms with E-state index in [0.29, 0.717) is 5.41 Å². The second-order valence-electron chi connectivity index (χ2n) is 13.5. The van der Waals surface area contributed by atoms with Gasteiger partial charge < -0.3 is 0 Å². The molecular weight excluding hydrogens is 432 g/mol. The highest BCUT2D eigenvalue weighted by Gasteiger charge is 2.23. The van der Waals surface area contributed by atoms with Gasteiger partial charge in [0.15, 0.2) is 0 Å². The first kappa shape index (κ1) is 34.2. The van der Waals surface area contributed by atoms with Crippen LogP contribution in [0.5, 0.6) is 0 Å². The molecule has 0 heterocycles. The van der Waals surface area contributed by atoms with Crippen molar-refractivity contribution in [2.45, 2.75) is 134 Å². The van der Waals surface area contributed by atoms with Gasteiger partial charge in [0.2, 0.25) is 0 Å². The Bertz CT molecular complexity index is 877. The maximum Gasteiger partial charge on any atom is -0.0105 e. The fourth-order valence-corrected chi connectivity index (χ4v) is 4.25. The third-order valence-electron chi connectivity index (χ3n) is 7.16. The first-order chi connectivity index (χ1) is 16.4. The molecule has 0 heteroatoms. The minimum Gasteiger partial charge on any atom is -0.100 e. The Morgan fingerprint density at radius 1 is 0.833 bits per heavy atom. The van der Waals surface area contributed by atoms with Gasteiger partial charge in [-0.2, -0.15) is 0 Å². The van der Waals surface area contributed by atoms with E-state index in [1.165, 1.54) is 71.1 Å². The van der Waals surface area contributed by atoms with Gasteiger partial charge in [-0.3, -0.25) is 0 Å². The van der Waals surface area contributed by atoms with E-state index in [4.69, 9.17) is 0 Å². The first-order valence-electron chi connectivity index (χ1n) is 14.1. The maximum atomic E-state index is 4.01. The summed E-state index contributed by atoms with van der Waals surface area (Å²) in [6.07, 6.45) is 12.6. The Labute approximate surface area is 227 Å². The minimum atomic E-state index is 0.267. The molecule has 0 radical (unpaired) electrons. The molecule has 3 rings (SSSR count). The summed E-state index contributed by atoms with van der Waals surface area (Å²) >= 11 is 0. The molecule has 0 N–H and O–H groups in total. The van der Waals surface area contributed by atoms with E-state index >= 15 is 0 Å². The largest absolute Gasteiger partial charge is 0.100 e. The van der Waals surface area contributed by atoms with Crippen LogP contribution in [0, 0.1) is 32.1 Å². The highest BCUT2D eigenvalue weighted by atomic mass is 14.3. The highest BCUT2D eigenvalue weighted by molar-refractivity contribution is 5.39. The minimum absolute atomic E-state index is 0.267. The standard InChI is InChI=1S/C14H22.C13H20.C5H10.C4H8/c1-11(2)10-14(4,5)13-8-6-12(3)7-9-13;1-9-7-12(13(4,5)6)8-10(2)11(9)3;1-5-3-2-4-5;1-4(2)3/h6,8H,1,7,9-10H2,2-5H3;7-8H,1-6H3;5H,2-4H2,1H3;1H2,2-3H3. The molecule has 0 spiro atoms. The molecule has 0 unspecified atom stereocenters. The zero-order chi connectivity index (χ0) is 28.3. The van der Waals surface area contributed by atoms with Gasteiger partial charge in [-0.1, -0.05) is 107 Å². The van der Waals surface area contributed by atoms with Crippen molar-refractivity contribution < 1.29 is 0 Å². The van der Waals surface area contributed by atoms with Crippen LogP contribution in [0.4, 0.5) is 0 Å². The molecule has 36 heavy (non-hydrogen) atoms. The van der Waals surface area contributed by atoms with Gasteiger partial charge in [0.25, 0.3) is 0 Å². The Morgan fingerprint density at radius 3 is 1.56 bits per heavy atom. The predicted molar refractivity (Wildman–Crippen MR) is 167 cm³/mol. The van der Waals surface area contributed by atoms with Crippen molar-refractivity contribution in [2.75, 3.05) is 0 Å². The molecule has 0 saturated heterocycles. The molecule has 2 aliphatic carbocycles. The molecular formula is C36H60. The lowest BCUT2D eigenvalue weighted by Gasteiger charge is -2.30. The third kappa shape index (κ3) is 14.1. The number of rotatable bonds is 3. The van der Waals surface area contributed by atoms with Crippen LogP contribution >= 0.6 is 0 Å². The van der Waals surface area contributed by atoms with E-state index in [1.807, 2.05) is 13.8 Å². The smallest absolute Gasteiger partial charge is 0.0105 e. The summed E-state index contributed by atoms with van der Waals surface area (Å²) in [7, 11) is 0. The van der Waals surface area contributed by atoms with Gasteiger partial charge in [-0.05, 0) is 107 Å². The van der Waals surface area contributed by atoms with E-state index in [-0.39, 0.29) is 5.41 Å². The summed E-state index contributed by atoms with van der Waals surface area (Å²) in [5.74, 6) is 1.06. The molecule has 0 nitrogen and oxygen atoms in total. The number of hydrogen-bond donors (Lipinski definition) is 0. The summed E-state index contributed by atoms with van der Waals surface area (Å²) in [5, 5.41) is 0. The van der Waals surface area contributed by atoms with Gasteiger partial charge >= 0.3 is 0 Å². The maximum absolute atomic E-state index is 4.01. The van der Waals surface area contributed by atoms with Gasteiger partial charge in [-0.15, -0.1) is 13.2 Å². The zero-order valence-corrected chi connectivity index (χ0v) is 26.5. The Balaban J connectivity index is 0.000000510. The molecule has 0 amide bonds. The summed E-state index contributed by atoms with van der Waals surface area (Å²) in [4.78, 5) is 0. The van der Waals surface area contributed by atoms with Crippen LogP contribution in [0.15, 0.2) is 59.7 Å². The zero-order valence-electron chi connectivity index (χ0n) is 26.5. The van der Waals surface area contributed by atoms with Gasteiger partial charge in [0.1, 0.15) is 0 Å². The summed E-state index contributed by atoms with van der Waals surface area (Å²) in [6.45, 7) is 36.1. The predicted octanol–water partition coefficient (Wildman–Crippen LogP) is 11.9. The molecule has 1 aromatic carbocycles. The van der Waals surface area contributed by atoms with Crippen molar-refractivity contribution in [2.24, 2.45) is 11.3 Å². The van der Waals surface area contributed by atoms with Crippen molar-refractivity contribution in [3.8, 4) is 0 Å². The SMILES string of the molecule is C=C(C)C.C=C(C)CC(C)(C)C1=CC=C(C)CC1.CC1CCC1.Cc1cc(C(C)(C)C)cc(C)c1C. The molecule has 0 bridgehead atoms. The Kier molecular flexibility index (Phi) is 14.7. The summed E-state index contributed by atoms with van der Waals surface area (Å²) < 4.78 is 0. The van der Waals surface area contributed by atoms with Crippen molar-refractivity contribution >= 4 is 0 Å². The first-order valence-corrected chi connectivity index (χ1v) is 14.1. The molecule has 0 atom stereocenters.